The molecule has 1 aromatic rings. The first-order valence-electron chi connectivity index (χ1n) is 6.76. The number of nitrogens with one attached hydrogen (secondary N) is 1. The van der Waals surface area contributed by atoms with E-state index in [0.717, 1.165) is 31.1 Å². The molecule has 4 heteroatoms. The summed E-state index contributed by atoms with van der Waals surface area (Å²) < 4.78 is 0. The third kappa shape index (κ3) is 2.92. The number of thiazole rings is 1. The molecule has 102 valence electrons. The highest BCUT2D eigenvalue weighted by Crippen LogP contribution is 2.27. The van der Waals surface area contributed by atoms with Gasteiger partial charge in [0.15, 0.2) is 0 Å². The van der Waals surface area contributed by atoms with Crippen LogP contribution in [0.1, 0.15) is 44.8 Å². The SMILES string of the molecule is CCC1(C)CN(Cc2csc(C)n2)C(C)(C)CN1. The molecule has 2 heterocycles. The lowest BCUT2D eigenvalue weighted by Gasteiger charge is -2.50. The van der Waals surface area contributed by atoms with Crippen molar-refractivity contribution in [2.75, 3.05) is 13.1 Å². The lowest BCUT2D eigenvalue weighted by molar-refractivity contribution is 0.0238. The number of hydrogen-bond acceptors (Lipinski definition) is 4. The molecule has 1 aromatic heterocycles. The summed E-state index contributed by atoms with van der Waals surface area (Å²) in [6.07, 6.45) is 1.16. The van der Waals surface area contributed by atoms with Gasteiger partial charge in [0.25, 0.3) is 0 Å². The van der Waals surface area contributed by atoms with Crippen molar-refractivity contribution >= 4 is 11.3 Å². The van der Waals surface area contributed by atoms with Gasteiger partial charge in [-0.2, -0.15) is 0 Å². The standard InChI is InChI=1S/C14H25N3S/c1-6-14(5)10-17(13(3,4)9-15-14)7-12-8-18-11(2)16-12/h8,15H,6-7,9-10H2,1-5H3. The molecule has 0 spiro atoms. The van der Waals surface area contributed by atoms with Crippen LogP contribution in [0.2, 0.25) is 0 Å². The molecule has 1 saturated heterocycles. The van der Waals surface area contributed by atoms with Crippen molar-refractivity contribution in [3.63, 3.8) is 0 Å². The van der Waals surface area contributed by atoms with Crippen molar-refractivity contribution < 1.29 is 0 Å². The maximum Gasteiger partial charge on any atom is 0.0897 e. The summed E-state index contributed by atoms with van der Waals surface area (Å²) in [5.74, 6) is 0. The zero-order valence-corrected chi connectivity index (χ0v) is 13.0. The maximum atomic E-state index is 4.60. The van der Waals surface area contributed by atoms with Crippen LogP contribution < -0.4 is 5.32 Å². The summed E-state index contributed by atoms with van der Waals surface area (Å²) in [7, 11) is 0. The molecule has 0 aliphatic carbocycles. The topological polar surface area (TPSA) is 28.2 Å². The summed E-state index contributed by atoms with van der Waals surface area (Å²) in [6, 6.07) is 0. The Morgan fingerprint density at radius 3 is 2.72 bits per heavy atom. The van der Waals surface area contributed by atoms with Crippen LogP contribution in [0, 0.1) is 6.92 Å². The largest absolute Gasteiger partial charge is 0.308 e. The number of aromatic nitrogens is 1. The van der Waals surface area contributed by atoms with E-state index in [9.17, 15) is 0 Å². The van der Waals surface area contributed by atoms with E-state index >= 15 is 0 Å². The van der Waals surface area contributed by atoms with Gasteiger partial charge in [0.05, 0.1) is 10.7 Å². The Labute approximate surface area is 115 Å². The molecule has 0 radical (unpaired) electrons. The zero-order chi connectivity index (χ0) is 13.4. The Morgan fingerprint density at radius 1 is 1.44 bits per heavy atom. The minimum atomic E-state index is 0.201. The molecule has 1 fully saturated rings. The fourth-order valence-electron chi connectivity index (χ4n) is 2.42. The number of aryl methyl sites for hydroxylation is 1. The van der Waals surface area contributed by atoms with E-state index in [1.54, 1.807) is 11.3 Å². The number of piperazine rings is 1. The van der Waals surface area contributed by atoms with Crippen LogP contribution in [0.4, 0.5) is 0 Å². The third-order valence-electron chi connectivity index (χ3n) is 4.14. The quantitative estimate of drug-likeness (QED) is 0.913. The molecule has 1 unspecified atom stereocenters. The molecule has 0 bridgehead atoms. The first-order valence-corrected chi connectivity index (χ1v) is 7.64. The fraction of sp³-hybridized carbons (Fsp3) is 0.786. The minimum Gasteiger partial charge on any atom is -0.308 e. The first kappa shape index (κ1) is 14.0. The summed E-state index contributed by atoms with van der Waals surface area (Å²) >= 11 is 1.75. The summed E-state index contributed by atoms with van der Waals surface area (Å²) in [5.41, 5.74) is 1.65. The average molecular weight is 267 g/mol. The van der Waals surface area contributed by atoms with Gasteiger partial charge in [-0.05, 0) is 34.1 Å². The van der Waals surface area contributed by atoms with Gasteiger partial charge in [-0.15, -0.1) is 11.3 Å². The van der Waals surface area contributed by atoms with E-state index in [4.69, 9.17) is 0 Å². The van der Waals surface area contributed by atoms with Crippen molar-refractivity contribution in [2.45, 2.75) is 58.7 Å². The monoisotopic (exact) mass is 267 g/mol. The fourth-order valence-corrected chi connectivity index (χ4v) is 3.02. The van der Waals surface area contributed by atoms with E-state index in [0.29, 0.717) is 0 Å². The predicted molar refractivity (Wildman–Crippen MR) is 78.0 cm³/mol. The van der Waals surface area contributed by atoms with Gasteiger partial charge in [-0.25, -0.2) is 4.98 Å². The predicted octanol–water partition coefficient (Wildman–Crippen LogP) is 2.80. The van der Waals surface area contributed by atoms with Gasteiger partial charge in [0.2, 0.25) is 0 Å². The van der Waals surface area contributed by atoms with Crippen LogP contribution in [0.15, 0.2) is 5.38 Å². The van der Waals surface area contributed by atoms with Gasteiger partial charge < -0.3 is 5.32 Å². The molecule has 18 heavy (non-hydrogen) atoms. The second kappa shape index (κ2) is 4.91. The van der Waals surface area contributed by atoms with Crippen LogP contribution in [0.25, 0.3) is 0 Å². The Morgan fingerprint density at radius 2 is 2.17 bits per heavy atom. The molecule has 0 saturated carbocycles. The highest BCUT2D eigenvalue weighted by atomic mass is 32.1. The van der Waals surface area contributed by atoms with Crippen molar-refractivity contribution in [1.29, 1.82) is 0 Å². The molecule has 2 rings (SSSR count). The molecule has 0 aromatic carbocycles. The molecule has 1 atom stereocenters. The Bertz CT molecular complexity index is 413. The third-order valence-corrected chi connectivity index (χ3v) is 4.97. The van der Waals surface area contributed by atoms with E-state index < -0.39 is 0 Å². The van der Waals surface area contributed by atoms with Gasteiger partial charge in [0, 0.05) is 36.1 Å². The van der Waals surface area contributed by atoms with Gasteiger partial charge in [0.1, 0.15) is 0 Å². The lowest BCUT2D eigenvalue weighted by Crippen LogP contribution is -2.66. The van der Waals surface area contributed by atoms with Crippen molar-refractivity contribution in [3.8, 4) is 0 Å². The van der Waals surface area contributed by atoms with Crippen molar-refractivity contribution in [3.05, 3.63) is 16.1 Å². The first-order chi connectivity index (χ1) is 8.35. The van der Waals surface area contributed by atoms with Crippen molar-refractivity contribution in [2.24, 2.45) is 0 Å². The highest BCUT2D eigenvalue weighted by Gasteiger charge is 2.39. The second-order valence-electron chi connectivity index (χ2n) is 6.29. The normalized spacial score (nSPS) is 28.5. The average Bonchev–Trinajstić information content (AvgIpc) is 2.70. The molecular weight excluding hydrogens is 242 g/mol. The minimum absolute atomic E-state index is 0.201. The van der Waals surface area contributed by atoms with E-state index in [1.807, 2.05) is 0 Å². The van der Waals surface area contributed by atoms with Crippen molar-refractivity contribution in [1.82, 2.24) is 15.2 Å². The number of rotatable bonds is 3. The van der Waals surface area contributed by atoms with E-state index in [2.05, 4.69) is 55.2 Å². The Balaban J connectivity index is 2.12. The van der Waals surface area contributed by atoms with Crippen LogP contribution in [0.3, 0.4) is 0 Å². The second-order valence-corrected chi connectivity index (χ2v) is 7.36. The molecule has 1 N–H and O–H groups in total. The molecule has 3 nitrogen and oxygen atoms in total. The van der Waals surface area contributed by atoms with Crippen LogP contribution in [-0.4, -0.2) is 34.1 Å². The molecular formula is C14H25N3S. The summed E-state index contributed by atoms with van der Waals surface area (Å²) in [5, 5.41) is 7.05. The Kier molecular flexibility index (Phi) is 3.81. The zero-order valence-electron chi connectivity index (χ0n) is 12.2. The number of hydrogen-bond donors (Lipinski definition) is 1. The van der Waals surface area contributed by atoms with Gasteiger partial charge >= 0.3 is 0 Å². The van der Waals surface area contributed by atoms with E-state index in [-0.39, 0.29) is 11.1 Å². The van der Waals surface area contributed by atoms with Crippen LogP contribution in [0.5, 0.6) is 0 Å². The maximum absolute atomic E-state index is 4.60. The Hall–Kier alpha value is -0.450. The van der Waals surface area contributed by atoms with Crippen LogP contribution in [-0.2, 0) is 6.54 Å². The molecule has 1 aliphatic heterocycles. The lowest BCUT2D eigenvalue weighted by atomic mass is 9.88. The van der Waals surface area contributed by atoms with Crippen LogP contribution >= 0.6 is 11.3 Å². The summed E-state index contributed by atoms with van der Waals surface area (Å²) in [4.78, 5) is 7.17. The van der Waals surface area contributed by atoms with Gasteiger partial charge in [-0.3, -0.25) is 4.90 Å². The highest BCUT2D eigenvalue weighted by molar-refractivity contribution is 7.09. The molecule has 0 amide bonds. The smallest absolute Gasteiger partial charge is 0.0897 e. The van der Waals surface area contributed by atoms with Gasteiger partial charge in [-0.1, -0.05) is 6.92 Å². The molecule has 1 aliphatic rings. The summed E-state index contributed by atoms with van der Waals surface area (Å²) in [6.45, 7) is 14.4. The van der Waals surface area contributed by atoms with E-state index in [1.165, 1.54) is 5.69 Å². The number of nitrogens with zero attached hydrogens (tertiary/aromatic N) is 2.